The zero-order valence-electron chi connectivity index (χ0n) is 13.3. The third-order valence-electron chi connectivity index (χ3n) is 3.65. The van der Waals surface area contributed by atoms with Crippen molar-refractivity contribution in [1.29, 1.82) is 0 Å². The average Bonchev–Trinajstić information content (AvgIpc) is 2.43. The van der Waals surface area contributed by atoms with Gasteiger partial charge in [0, 0.05) is 17.0 Å². The van der Waals surface area contributed by atoms with Crippen molar-refractivity contribution in [3.05, 3.63) is 12.2 Å². The first-order chi connectivity index (χ1) is 9.71. The summed E-state index contributed by atoms with van der Waals surface area (Å²) in [5.41, 5.74) is 5.78. The van der Waals surface area contributed by atoms with Crippen molar-refractivity contribution in [2.24, 2.45) is 17.1 Å². The normalized spacial score (nSPS) is 22.5. The molecule has 1 rings (SSSR count). The Hall–Kier alpha value is -1.36. The van der Waals surface area contributed by atoms with Crippen LogP contribution in [0, 0.1) is 11.3 Å². The van der Waals surface area contributed by atoms with Crippen molar-refractivity contribution in [2.75, 3.05) is 13.2 Å². The highest BCUT2D eigenvalue weighted by Crippen LogP contribution is 2.25. The Labute approximate surface area is 126 Å². The molecule has 0 atom stereocenters. The number of hydrogen-bond donors (Lipinski definition) is 1. The molecule has 5 heteroatoms. The smallest absolute Gasteiger partial charge is 0.333 e. The summed E-state index contributed by atoms with van der Waals surface area (Å²) < 4.78 is 10.5. The predicted molar refractivity (Wildman–Crippen MR) is 80.4 cm³/mol. The first kappa shape index (κ1) is 17.7. The highest BCUT2D eigenvalue weighted by molar-refractivity contribution is 5.86. The summed E-state index contributed by atoms with van der Waals surface area (Å²) in [4.78, 5) is 23.4. The summed E-state index contributed by atoms with van der Waals surface area (Å²) in [5, 5.41) is 0. The van der Waals surface area contributed by atoms with E-state index in [4.69, 9.17) is 15.2 Å². The molecule has 0 aromatic heterocycles. The molecule has 0 aliphatic heterocycles. The van der Waals surface area contributed by atoms with E-state index in [1.807, 2.05) is 13.8 Å². The summed E-state index contributed by atoms with van der Waals surface area (Å²) in [6.45, 7) is 9.34. The second-order valence-electron chi connectivity index (χ2n) is 6.74. The lowest BCUT2D eigenvalue weighted by Crippen LogP contribution is -2.33. The van der Waals surface area contributed by atoms with Crippen LogP contribution in [0.5, 0.6) is 0 Å². The topological polar surface area (TPSA) is 78.6 Å². The van der Waals surface area contributed by atoms with Crippen LogP contribution in [0.1, 0.15) is 46.5 Å². The van der Waals surface area contributed by atoms with Crippen LogP contribution < -0.4 is 5.73 Å². The van der Waals surface area contributed by atoms with Crippen molar-refractivity contribution in [3.8, 4) is 0 Å². The number of rotatable bonds is 6. The fourth-order valence-corrected chi connectivity index (χ4v) is 2.17. The summed E-state index contributed by atoms with van der Waals surface area (Å²) in [7, 11) is 0. The molecule has 0 saturated heterocycles. The van der Waals surface area contributed by atoms with Gasteiger partial charge in [0.25, 0.3) is 0 Å². The molecule has 5 nitrogen and oxygen atoms in total. The van der Waals surface area contributed by atoms with Gasteiger partial charge in [0.15, 0.2) is 0 Å². The Morgan fingerprint density at radius 3 is 2.19 bits per heavy atom. The Balaban J connectivity index is 2.33. The van der Waals surface area contributed by atoms with E-state index in [1.54, 1.807) is 6.92 Å². The van der Waals surface area contributed by atoms with Gasteiger partial charge >= 0.3 is 11.9 Å². The Kier molecular flexibility index (Phi) is 6.40. The molecule has 21 heavy (non-hydrogen) atoms. The van der Waals surface area contributed by atoms with E-state index in [1.165, 1.54) is 0 Å². The van der Waals surface area contributed by atoms with Crippen LogP contribution >= 0.6 is 0 Å². The van der Waals surface area contributed by atoms with Crippen LogP contribution in [-0.2, 0) is 19.1 Å². The minimum absolute atomic E-state index is 0.0430. The van der Waals surface area contributed by atoms with Gasteiger partial charge in [0.05, 0.1) is 19.1 Å². The number of nitrogens with two attached hydrogens (primary N) is 1. The van der Waals surface area contributed by atoms with Crippen molar-refractivity contribution in [3.63, 3.8) is 0 Å². The Morgan fingerprint density at radius 1 is 1.14 bits per heavy atom. The molecule has 0 bridgehead atoms. The van der Waals surface area contributed by atoms with E-state index >= 15 is 0 Å². The largest absolute Gasteiger partial charge is 0.465 e. The zero-order chi connectivity index (χ0) is 16.0. The van der Waals surface area contributed by atoms with E-state index < -0.39 is 11.4 Å². The van der Waals surface area contributed by atoms with Crippen LogP contribution in [0.3, 0.4) is 0 Å². The van der Waals surface area contributed by atoms with Crippen molar-refractivity contribution < 1.29 is 19.1 Å². The predicted octanol–water partition coefficient (Wildman–Crippen LogP) is 2.19. The maximum Gasteiger partial charge on any atom is 0.333 e. The third-order valence-corrected chi connectivity index (χ3v) is 3.65. The molecule has 120 valence electrons. The molecule has 0 heterocycles. The van der Waals surface area contributed by atoms with Gasteiger partial charge in [0.2, 0.25) is 0 Å². The summed E-state index contributed by atoms with van der Waals surface area (Å²) in [5.74, 6) is -0.629. The average molecular weight is 297 g/mol. The maximum atomic E-state index is 12.0. The molecule has 0 amide bonds. The summed E-state index contributed by atoms with van der Waals surface area (Å²) in [6, 6.07) is 0.215. The molecule has 0 radical (unpaired) electrons. The number of esters is 2. The molecule has 1 aliphatic carbocycles. The number of carbonyl (C=O) groups is 2. The number of hydrogen-bond acceptors (Lipinski definition) is 5. The molecule has 0 spiro atoms. The first-order valence-corrected chi connectivity index (χ1v) is 7.46. The van der Waals surface area contributed by atoms with E-state index in [-0.39, 0.29) is 31.1 Å². The van der Waals surface area contributed by atoms with Gasteiger partial charge in [0.1, 0.15) is 0 Å². The fourth-order valence-electron chi connectivity index (χ4n) is 2.17. The van der Waals surface area contributed by atoms with Crippen LogP contribution in [-0.4, -0.2) is 31.2 Å². The van der Waals surface area contributed by atoms with Gasteiger partial charge in [-0.3, -0.25) is 4.79 Å². The Morgan fingerprint density at radius 2 is 1.67 bits per heavy atom. The second kappa shape index (κ2) is 7.59. The fraction of sp³-hybridized carbons (Fsp3) is 0.750. The third kappa shape index (κ3) is 6.29. The van der Waals surface area contributed by atoms with Crippen molar-refractivity contribution >= 4 is 11.9 Å². The van der Waals surface area contributed by atoms with E-state index in [0.29, 0.717) is 5.57 Å². The van der Waals surface area contributed by atoms with Crippen LogP contribution in [0.15, 0.2) is 12.2 Å². The molecule has 0 unspecified atom stereocenters. The quantitative estimate of drug-likeness (QED) is 0.600. The summed E-state index contributed by atoms with van der Waals surface area (Å²) >= 11 is 0. The molecule has 1 aliphatic rings. The monoisotopic (exact) mass is 297 g/mol. The van der Waals surface area contributed by atoms with Crippen LogP contribution in [0.25, 0.3) is 0 Å². The molecule has 0 aromatic carbocycles. The SMILES string of the molecule is C=C(C)C(=O)OCC(C)(C)COC(=O)C1CCC(N)CC1. The van der Waals surface area contributed by atoms with Crippen LogP contribution in [0.2, 0.25) is 0 Å². The zero-order valence-corrected chi connectivity index (χ0v) is 13.3. The lowest BCUT2D eigenvalue weighted by molar-refractivity contribution is -0.155. The van der Waals surface area contributed by atoms with Gasteiger partial charge in [-0.2, -0.15) is 0 Å². The highest BCUT2D eigenvalue weighted by Gasteiger charge is 2.28. The van der Waals surface area contributed by atoms with E-state index in [0.717, 1.165) is 25.7 Å². The maximum absolute atomic E-state index is 12.0. The minimum atomic E-state index is -0.421. The van der Waals surface area contributed by atoms with Crippen LogP contribution in [0.4, 0.5) is 0 Å². The van der Waals surface area contributed by atoms with Gasteiger partial charge in [-0.05, 0) is 32.6 Å². The van der Waals surface area contributed by atoms with Gasteiger partial charge in [-0.1, -0.05) is 20.4 Å². The second-order valence-corrected chi connectivity index (χ2v) is 6.74. The molecule has 1 fully saturated rings. The minimum Gasteiger partial charge on any atom is -0.465 e. The van der Waals surface area contributed by atoms with Crippen molar-refractivity contribution in [1.82, 2.24) is 0 Å². The van der Waals surface area contributed by atoms with Gasteiger partial charge < -0.3 is 15.2 Å². The number of carbonyl (C=O) groups excluding carboxylic acids is 2. The van der Waals surface area contributed by atoms with Gasteiger partial charge in [-0.15, -0.1) is 0 Å². The summed E-state index contributed by atoms with van der Waals surface area (Å²) in [6.07, 6.45) is 3.34. The first-order valence-electron chi connectivity index (χ1n) is 7.46. The highest BCUT2D eigenvalue weighted by atomic mass is 16.5. The van der Waals surface area contributed by atoms with E-state index in [9.17, 15) is 9.59 Å². The standard InChI is InChI=1S/C16H27NO4/c1-11(2)14(18)20-9-16(3,4)10-21-15(19)12-5-7-13(17)8-6-12/h12-13H,1,5-10,17H2,2-4H3. The number of ether oxygens (including phenoxy) is 2. The van der Waals surface area contributed by atoms with Crippen molar-refractivity contribution in [2.45, 2.75) is 52.5 Å². The lowest BCUT2D eigenvalue weighted by atomic mass is 9.86. The lowest BCUT2D eigenvalue weighted by Gasteiger charge is -2.27. The molecular formula is C16H27NO4. The molecule has 1 saturated carbocycles. The van der Waals surface area contributed by atoms with Gasteiger partial charge in [-0.25, -0.2) is 4.79 Å². The molecular weight excluding hydrogens is 270 g/mol. The molecule has 0 aromatic rings. The molecule has 2 N–H and O–H groups in total. The van der Waals surface area contributed by atoms with E-state index in [2.05, 4.69) is 6.58 Å². The Bertz CT molecular complexity index is 395.